The van der Waals surface area contributed by atoms with Gasteiger partial charge in [0.05, 0.1) is 18.7 Å². The molecule has 2 aromatic rings. The number of urea groups is 1. The van der Waals surface area contributed by atoms with Crippen molar-refractivity contribution in [2.24, 2.45) is 0 Å². The molecule has 0 spiro atoms. The van der Waals surface area contributed by atoms with Gasteiger partial charge in [-0.25, -0.2) is 4.79 Å². The zero-order valence-electron chi connectivity index (χ0n) is 12.6. The first-order valence-electron chi connectivity index (χ1n) is 7.41. The van der Waals surface area contributed by atoms with E-state index < -0.39 is 6.29 Å². The summed E-state index contributed by atoms with van der Waals surface area (Å²) < 4.78 is 10.8. The van der Waals surface area contributed by atoms with Crippen LogP contribution in [0.2, 0.25) is 0 Å². The predicted molar refractivity (Wildman–Crippen MR) is 81.4 cm³/mol. The summed E-state index contributed by atoms with van der Waals surface area (Å²) in [6.07, 6.45) is -0.332. The van der Waals surface area contributed by atoms with Crippen LogP contribution in [0.5, 0.6) is 0 Å². The lowest BCUT2D eigenvalue weighted by molar-refractivity contribution is -0.0700. The molecule has 3 unspecified atom stereocenters. The van der Waals surface area contributed by atoms with Crippen LogP contribution in [0.1, 0.15) is 30.7 Å². The third-order valence-corrected chi connectivity index (χ3v) is 4.00. The summed E-state index contributed by atoms with van der Waals surface area (Å²) >= 11 is 0. The molecule has 2 heterocycles. The fourth-order valence-electron chi connectivity index (χ4n) is 2.80. The first-order chi connectivity index (χ1) is 10.6. The Bertz CT molecular complexity index is 682. The third kappa shape index (κ3) is 2.80. The Morgan fingerprint density at radius 3 is 2.86 bits per heavy atom. The number of aryl methyl sites for hydroxylation is 1. The van der Waals surface area contributed by atoms with Crippen molar-refractivity contribution in [1.29, 1.82) is 0 Å². The second kappa shape index (κ2) is 5.98. The standard InChI is InChI=1S/C16H20N2O4/c1-9-11-5-3-4-6-13(11)22-14(9)10(2)17-16(20)18-12-7-8-21-15(12)19/h3-6,10,12,15,19H,7-8H2,1-2H3,(H2,17,18,20). The van der Waals surface area contributed by atoms with Crippen molar-refractivity contribution in [3.05, 3.63) is 35.6 Å². The highest BCUT2D eigenvalue weighted by molar-refractivity contribution is 5.82. The molecule has 0 saturated carbocycles. The maximum atomic E-state index is 12.0. The number of ether oxygens (including phenoxy) is 1. The number of hydrogen-bond acceptors (Lipinski definition) is 4. The molecule has 0 bridgehead atoms. The largest absolute Gasteiger partial charge is 0.459 e. The Kier molecular flexibility index (Phi) is 4.04. The molecule has 0 aliphatic carbocycles. The molecule has 1 aromatic carbocycles. The van der Waals surface area contributed by atoms with E-state index in [-0.39, 0.29) is 18.1 Å². The average molecular weight is 304 g/mol. The smallest absolute Gasteiger partial charge is 0.315 e. The lowest BCUT2D eigenvalue weighted by Crippen LogP contribution is -2.46. The van der Waals surface area contributed by atoms with Crippen LogP contribution in [0.3, 0.4) is 0 Å². The Morgan fingerprint density at radius 1 is 1.41 bits per heavy atom. The molecular formula is C16H20N2O4. The van der Waals surface area contributed by atoms with Gasteiger partial charge in [-0.15, -0.1) is 0 Å². The van der Waals surface area contributed by atoms with Gasteiger partial charge in [-0.1, -0.05) is 18.2 Å². The first-order valence-corrected chi connectivity index (χ1v) is 7.41. The number of aliphatic hydroxyl groups excluding tert-OH is 1. The first kappa shape index (κ1) is 14.9. The maximum Gasteiger partial charge on any atom is 0.315 e. The Labute approximate surface area is 128 Å². The lowest BCUT2D eigenvalue weighted by Gasteiger charge is -2.18. The average Bonchev–Trinajstić information content (AvgIpc) is 3.04. The zero-order chi connectivity index (χ0) is 15.7. The van der Waals surface area contributed by atoms with Crippen LogP contribution in [-0.2, 0) is 4.74 Å². The SMILES string of the molecule is Cc1c(C(C)NC(=O)NC2CCOC2O)oc2ccccc12. The lowest BCUT2D eigenvalue weighted by atomic mass is 10.1. The van der Waals surface area contributed by atoms with Gasteiger partial charge in [0, 0.05) is 10.9 Å². The van der Waals surface area contributed by atoms with E-state index in [1.165, 1.54) is 0 Å². The molecule has 6 heteroatoms. The summed E-state index contributed by atoms with van der Waals surface area (Å²) in [5.74, 6) is 0.736. The fraction of sp³-hybridized carbons (Fsp3) is 0.438. The van der Waals surface area contributed by atoms with Crippen LogP contribution in [0.15, 0.2) is 28.7 Å². The van der Waals surface area contributed by atoms with Crippen molar-refractivity contribution in [1.82, 2.24) is 10.6 Å². The Morgan fingerprint density at radius 2 is 2.18 bits per heavy atom. The van der Waals surface area contributed by atoms with Gasteiger partial charge in [0.25, 0.3) is 0 Å². The van der Waals surface area contributed by atoms with Crippen molar-refractivity contribution < 1.29 is 19.1 Å². The summed E-state index contributed by atoms with van der Waals surface area (Å²) in [5.41, 5.74) is 1.83. The van der Waals surface area contributed by atoms with Crippen LogP contribution in [-0.4, -0.2) is 30.1 Å². The van der Waals surface area contributed by atoms with Gasteiger partial charge >= 0.3 is 6.03 Å². The molecule has 1 aliphatic rings. The van der Waals surface area contributed by atoms with Gasteiger partial charge in [0.2, 0.25) is 0 Å². The van der Waals surface area contributed by atoms with Gasteiger partial charge in [-0.3, -0.25) is 0 Å². The van der Waals surface area contributed by atoms with Crippen molar-refractivity contribution in [3.63, 3.8) is 0 Å². The number of carbonyl (C=O) groups excluding carboxylic acids is 1. The topological polar surface area (TPSA) is 83.7 Å². The summed E-state index contributed by atoms with van der Waals surface area (Å²) in [6, 6.07) is 6.79. The summed E-state index contributed by atoms with van der Waals surface area (Å²) in [7, 11) is 0. The van der Waals surface area contributed by atoms with Crippen LogP contribution in [0.4, 0.5) is 4.79 Å². The number of benzene rings is 1. The molecule has 3 N–H and O–H groups in total. The number of fused-ring (bicyclic) bond motifs is 1. The number of amides is 2. The molecule has 1 aromatic heterocycles. The van der Waals surface area contributed by atoms with E-state index in [9.17, 15) is 9.90 Å². The van der Waals surface area contributed by atoms with Crippen molar-refractivity contribution in [3.8, 4) is 0 Å². The van der Waals surface area contributed by atoms with Gasteiger partial charge in [-0.2, -0.15) is 0 Å². The molecular weight excluding hydrogens is 284 g/mol. The fourth-order valence-corrected chi connectivity index (χ4v) is 2.80. The van der Waals surface area contributed by atoms with Crippen molar-refractivity contribution >= 4 is 17.0 Å². The highest BCUT2D eigenvalue weighted by Crippen LogP contribution is 2.29. The second-order valence-electron chi connectivity index (χ2n) is 5.58. The van der Waals surface area contributed by atoms with Gasteiger partial charge in [0.15, 0.2) is 6.29 Å². The van der Waals surface area contributed by atoms with Crippen molar-refractivity contribution in [2.75, 3.05) is 6.61 Å². The van der Waals surface area contributed by atoms with E-state index in [2.05, 4.69) is 10.6 Å². The molecule has 1 saturated heterocycles. The number of para-hydroxylation sites is 1. The van der Waals surface area contributed by atoms with E-state index in [4.69, 9.17) is 9.15 Å². The molecule has 0 radical (unpaired) electrons. The van der Waals surface area contributed by atoms with E-state index in [1.54, 1.807) is 0 Å². The number of nitrogens with one attached hydrogen (secondary N) is 2. The maximum absolute atomic E-state index is 12.0. The molecule has 3 rings (SSSR count). The van der Waals surface area contributed by atoms with Gasteiger partial charge < -0.3 is 24.9 Å². The highest BCUT2D eigenvalue weighted by atomic mass is 16.6. The van der Waals surface area contributed by atoms with E-state index >= 15 is 0 Å². The monoisotopic (exact) mass is 304 g/mol. The molecule has 2 amide bonds. The Hall–Kier alpha value is -2.05. The van der Waals surface area contributed by atoms with E-state index in [0.29, 0.717) is 13.0 Å². The van der Waals surface area contributed by atoms with Crippen LogP contribution in [0, 0.1) is 6.92 Å². The Balaban J connectivity index is 1.69. The number of carbonyl (C=O) groups is 1. The minimum absolute atomic E-state index is 0.271. The molecule has 118 valence electrons. The highest BCUT2D eigenvalue weighted by Gasteiger charge is 2.28. The molecule has 22 heavy (non-hydrogen) atoms. The van der Waals surface area contributed by atoms with Gasteiger partial charge in [0.1, 0.15) is 11.3 Å². The molecule has 3 atom stereocenters. The number of furan rings is 1. The third-order valence-electron chi connectivity index (χ3n) is 4.00. The minimum atomic E-state index is -0.936. The zero-order valence-corrected chi connectivity index (χ0v) is 12.6. The summed E-state index contributed by atoms with van der Waals surface area (Å²) in [4.78, 5) is 12.0. The van der Waals surface area contributed by atoms with Crippen LogP contribution >= 0.6 is 0 Å². The quantitative estimate of drug-likeness (QED) is 0.812. The van der Waals surface area contributed by atoms with Crippen LogP contribution < -0.4 is 10.6 Å². The second-order valence-corrected chi connectivity index (χ2v) is 5.58. The van der Waals surface area contributed by atoms with E-state index in [1.807, 2.05) is 38.1 Å². The van der Waals surface area contributed by atoms with Crippen LogP contribution in [0.25, 0.3) is 11.0 Å². The molecule has 1 aliphatic heterocycles. The molecule has 6 nitrogen and oxygen atoms in total. The predicted octanol–water partition coefficient (Wildman–Crippen LogP) is 2.21. The number of rotatable bonds is 3. The number of hydrogen-bond donors (Lipinski definition) is 3. The summed E-state index contributed by atoms with van der Waals surface area (Å²) in [6.45, 7) is 4.29. The van der Waals surface area contributed by atoms with Gasteiger partial charge in [-0.05, 0) is 26.3 Å². The molecule has 1 fully saturated rings. The van der Waals surface area contributed by atoms with Crippen molar-refractivity contribution in [2.45, 2.75) is 38.6 Å². The normalized spacial score (nSPS) is 22.7. The van der Waals surface area contributed by atoms with E-state index in [0.717, 1.165) is 22.3 Å². The summed E-state index contributed by atoms with van der Waals surface area (Å²) in [5, 5.41) is 16.1. The number of aliphatic hydroxyl groups is 1. The minimum Gasteiger partial charge on any atom is -0.459 e.